The Hall–Kier alpha value is -2.14. The van der Waals surface area contributed by atoms with E-state index in [-0.39, 0.29) is 6.61 Å². The Labute approximate surface area is 104 Å². The lowest BCUT2D eigenvalue weighted by atomic mass is 10.2. The van der Waals surface area contributed by atoms with Gasteiger partial charge in [-0.2, -0.15) is 5.10 Å². The Morgan fingerprint density at radius 2 is 2.11 bits per heavy atom. The maximum Gasteiger partial charge on any atom is 0.0954 e. The van der Waals surface area contributed by atoms with Crippen molar-refractivity contribution >= 4 is 10.9 Å². The molecule has 5 heteroatoms. The van der Waals surface area contributed by atoms with Gasteiger partial charge in [-0.05, 0) is 6.07 Å². The minimum Gasteiger partial charge on any atom is -0.390 e. The van der Waals surface area contributed by atoms with E-state index < -0.39 is 0 Å². The number of aryl methyl sites for hydroxylation is 1. The summed E-state index contributed by atoms with van der Waals surface area (Å²) in [6.07, 6.45) is 3.55. The minimum absolute atomic E-state index is 0.0318. The van der Waals surface area contributed by atoms with Crippen LogP contribution in [-0.4, -0.2) is 24.4 Å². The molecule has 0 aliphatic carbocycles. The van der Waals surface area contributed by atoms with Gasteiger partial charge in [-0.25, -0.2) is 4.98 Å². The van der Waals surface area contributed by atoms with E-state index in [1.807, 2.05) is 34.6 Å². The third-order valence-electron chi connectivity index (χ3n) is 3.02. The normalized spacial score (nSPS) is 11.2. The van der Waals surface area contributed by atoms with E-state index in [0.29, 0.717) is 12.2 Å². The third kappa shape index (κ3) is 1.78. The molecule has 0 atom stereocenters. The predicted octanol–water partition coefficient (Wildman–Crippen LogP) is 1.31. The van der Waals surface area contributed by atoms with Gasteiger partial charge in [0, 0.05) is 18.6 Å². The first-order valence-corrected chi connectivity index (χ1v) is 5.80. The second-order valence-electron chi connectivity index (χ2n) is 4.28. The molecule has 0 unspecified atom stereocenters. The summed E-state index contributed by atoms with van der Waals surface area (Å²) in [4.78, 5) is 4.10. The number of para-hydroxylation sites is 1. The van der Waals surface area contributed by atoms with Gasteiger partial charge in [0.25, 0.3) is 0 Å². The highest BCUT2D eigenvalue weighted by molar-refractivity contribution is 5.81. The zero-order valence-corrected chi connectivity index (χ0v) is 10.1. The summed E-state index contributed by atoms with van der Waals surface area (Å²) >= 11 is 0. The molecule has 1 N–H and O–H groups in total. The van der Waals surface area contributed by atoms with Crippen molar-refractivity contribution in [2.24, 2.45) is 7.05 Å². The summed E-state index contributed by atoms with van der Waals surface area (Å²) < 4.78 is 3.81. The van der Waals surface area contributed by atoms with Crippen molar-refractivity contribution < 1.29 is 5.11 Å². The molecular formula is C13H14N4O. The van der Waals surface area contributed by atoms with E-state index in [1.165, 1.54) is 0 Å². The molecule has 0 radical (unpaired) electrons. The van der Waals surface area contributed by atoms with E-state index in [2.05, 4.69) is 22.2 Å². The highest BCUT2D eigenvalue weighted by Gasteiger charge is 2.08. The van der Waals surface area contributed by atoms with Crippen molar-refractivity contribution in [3.8, 4) is 0 Å². The van der Waals surface area contributed by atoms with Gasteiger partial charge >= 0.3 is 0 Å². The lowest BCUT2D eigenvalue weighted by Gasteiger charge is -1.98. The molecule has 0 saturated carbocycles. The van der Waals surface area contributed by atoms with Crippen LogP contribution in [0.3, 0.4) is 0 Å². The summed E-state index contributed by atoms with van der Waals surface area (Å²) in [5.74, 6) is 0. The number of benzene rings is 1. The Bertz CT molecular complexity index is 683. The van der Waals surface area contributed by atoms with Crippen LogP contribution < -0.4 is 0 Å². The van der Waals surface area contributed by atoms with Gasteiger partial charge in [-0.15, -0.1) is 0 Å². The fraction of sp³-hybridized carbons (Fsp3) is 0.231. The van der Waals surface area contributed by atoms with Crippen molar-refractivity contribution in [2.75, 3.05) is 0 Å². The summed E-state index contributed by atoms with van der Waals surface area (Å²) in [5.41, 5.74) is 2.81. The zero-order valence-electron chi connectivity index (χ0n) is 10.1. The van der Waals surface area contributed by atoms with Crippen LogP contribution in [0, 0.1) is 0 Å². The van der Waals surface area contributed by atoms with Gasteiger partial charge in [0.1, 0.15) is 0 Å². The summed E-state index contributed by atoms with van der Waals surface area (Å²) in [6.45, 7) is 0.629. The fourth-order valence-corrected chi connectivity index (χ4v) is 2.15. The number of fused-ring (bicyclic) bond motifs is 1. The highest BCUT2D eigenvalue weighted by Crippen LogP contribution is 2.18. The topological polar surface area (TPSA) is 55.9 Å². The quantitative estimate of drug-likeness (QED) is 0.753. The second-order valence-corrected chi connectivity index (χ2v) is 4.28. The number of imidazole rings is 1. The SMILES string of the molecule is Cn1nc(Cn2cnc(CO)c2)c2ccccc21. The van der Waals surface area contributed by atoms with Crippen molar-refractivity contribution in [1.29, 1.82) is 0 Å². The maximum absolute atomic E-state index is 9.00. The molecule has 0 amide bonds. The number of aliphatic hydroxyl groups is 1. The first-order valence-electron chi connectivity index (χ1n) is 5.80. The standard InChI is InChI=1S/C13H14N4O/c1-16-13-5-3-2-4-11(13)12(15-16)7-17-6-10(8-18)14-9-17/h2-6,9,18H,7-8H2,1H3. The molecule has 0 fully saturated rings. The van der Waals surface area contributed by atoms with Crippen LogP contribution in [-0.2, 0) is 20.2 Å². The van der Waals surface area contributed by atoms with Gasteiger partial charge in [0.2, 0.25) is 0 Å². The highest BCUT2D eigenvalue weighted by atomic mass is 16.3. The van der Waals surface area contributed by atoms with Crippen LogP contribution in [0.25, 0.3) is 10.9 Å². The molecule has 18 heavy (non-hydrogen) atoms. The molecule has 0 spiro atoms. The van der Waals surface area contributed by atoms with Crippen molar-refractivity contribution in [2.45, 2.75) is 13.2 Å². The molecule has 3 aromatic rings. The van der Waals surface area contributed by atoms with Crippen LogP contribution in [0.4, 0.5) is 0 Å². The second kappa shape index (κ2) is 4.27. The molecule has 0 bridgehead atoms. The molecule has 0 aliphatic heterocycles. The van der Waals surface area contributed by atoms with E-state index in [4.69, 9.17) is 5.11 Å². The van der Waals surface area contributed by atoms with E-state index in [1.54, 1.807) is 6.33 Å². The number of aliphatic hydroxyl groups excluding tert-OH is 1. The van der Waals surface area contributed by atoms with E-state index >= 15 is 0 Å². The molecule has 1 aromatic carbocycles. The molecule has 0 saturated heterocycles. The monoisotopic (exact) mass is 242 g/mol. The van der Waals surface area contributed by atoms with Gasteiger partial charge < -0.3 is 9.67 Å². The van der Waals surface area contributed by atoms with Gasteiger partial charge in [0.15, 0.2) is 0 Å². The van der Waals surface area contributed by atoms with Crippen molar-refractivity contribution in [1.82, 2.24) is 19.3 Å². The van der Waals surface area contributed by atoms with Gasteiger partial charge in [-0.1, -0.05) is 18.2 Å². The third-order valence-corrected chi connectivity index (χ3v) is 3.02. The van der Waals surface area contributed by atoms with Crippen molar-refractivity contribution in [3.05, 3.63) is 48.2 Å². The minimum atomic E-state index is -0.0318. The lowest BCUT2D eigenvalue weighted by Crippen LogP contribution is -1.99. The Balaban J connectivity index is 1.99. The Morgan fingerprint density at radius 1 is 1.28 bits per heavy atom. The first-order chi connectivity index (χ1) is 8.78. The average Bonchev–Trinajstić information content (AvgIpc) is 2.97. The number of hydrogen-bond acceptors (Lipinski definition) is 3. The molecule has 2 aromatic heterocycles. The largest absolute Gasteiger partial charge is 0.390 e. The van der Waals surface area contributed by atoms with E-state index in [9.17, 15) is 0 Å². The number of aromatic nitrogens is 4. The van der Waals surface area contributed by atoms with Crippen LogP contribution in [0.1, 0.15) is 11.4 Å². The Kier molecular flexibility index (Phi) is 2.60. The molecule has 2 heterocycles. The number of hydrogen-bond donors (Lipinski definition) is 1. The van der Waals surface area contributed by atoms with Crippen LogP contribution >= 0.6 is 0 Å². The molecule has 3 rings (SSSR count). The molecular weight excluding hydrogens is 228 g/mol. The molecule has 0 aliphatic rings. The van der Waals surface area contributed by atoms with Gasteiger partial charge in [-0.3, -0.25) is 4.68 Å². The fourth-order valence-electron chi connectivity index (χ4n) is 2.15. The molecule has 92 valence electrons. The van der Waals surface area contributed by atoms with Gasteiger partial charge in [0.05, 0.1) is 36.4 Å². The Morgan fingerprint density at radius 3 is 2.89 bits per heavy atom. The zero-order chi connectivity index (χ0) is 12.5. The average molecular weight is 242 g/mol. The van der Waals surface area contributed by atoms with Crippen molar-refractivity contribution in [3.63, 3.8) is 0 Å². The molecule has 5 nitrogen and oxygen atoms in total. The lowest BCUT2D eigenvalue weighted by molar-refractivity contribution is 0.277. The van der Waals surface area contributed by atoms with Crippen LogP contribution in [0.5, 0.6) is 0 Å². The predicted molar refractivity (Wildman–Crippen MR) is 68.0 cm³/mol. The summed E-state index contributed by atoms with van der Waals surface area (Å²) in [5, 5.41) is 14.7. The number of rotatable bonds is 3. The van der Waals surface area contributed by atoms with Crippen LogP contribution in [0.15, 0.2) is 36.8 Å². The smallest absolute Gasteiger partial charge is 0.0954 e. The maximum atomic E-state index is 9.00. The number of nitrogens with zero attached hydrogens (tertiary/aromatic N) is 4. The van der Waals surface area contributed by atoms with E-state index in [0.717, 1.165) is 16.6 Å². The summed E-state index contributed by atoms with van der Waals surface area (Å²) in [7, 11) is 1.94. The summed E-state index contributed by atoms with van der Waals surface area (Å²) in [6, 6.07) is 8.15. The van der Waals surface area contributed by atoms with Crippen LogP contribution in [0.2, 0.25) is 0 Å². The first kappa shape index (κ1) is 11.0.